The zero-order valence-corrected chi connectivity index (χ0v) is 63.2. The van der Waals surface area contributed by atoms with Gasteiger partial charge in [-0.3, -0.25) is 37.3 Å². The molecule has 560 valence electrons. The fraction of sp³-hybridized carbons (Fsp3) is 0.895. The van der Waals surface area contributed by atoms with Crippen molar-refractivity contribution in [3.8, 4) is 0 Å². The lowest BCUT2D eigenvalue weighted by molar-refractivity contribution is -0.161. The van der Waals surface area contributed by atoms with Crippen molar-refractivity contribution in [2.45, 2.75) is 387 Å². The highest BCUT2D eigenvalue weighted by Crippen LogP contribution is 2.45. The summed E-state index contributed by atoms with van der Waals surface area (Å²) in [6, 6.07) is 0. The lowest BCUT2D eigenvalue weighted by atomic mass is 9.99. The monoisotopic (exact) mass is 1390 g/mol. The van der Waals surface area contributed by atoms with Gasteiger partial charge in [-0.25, -0.2) is 9.13 Å². The Hall–Kier alpha value is -2.46. The van der Waals surface area contributed by atoms with Crippen LogP contribution in [0.4, 0.5) is 0 Å². The fourth-order valence-corrected chi connectivity index (χ4v) is 12.7. The van der Waals surface area contributed by atoms with E-state index in [4.69, 9.17) is 37.0 Å². The maximum atomic E-state index is 13.1. The van der Waals surface area contributed by atoms with Crippen LogP contribution in [0, 0.1) is 11.8 Å². The molecule has 0 aliphatic carbocycles. The number of ether oxygens (including phenoxy) is 4. The van der Waals surface area contributed by atoms with Gasteiger partial charge in [-0.1, -0.05) is 316 Å². The van der Waals surface area contributed by atoms with Crippen LogP contribution in [-0.4, -0.2) is 96.7 Å². The van der Waals surface area contributed by atoms with Crippen LogP contribution in [0.5, 0.6) is 0 Å². The van der Waals surface area contributed by atoms with Crippen molar-refractivity contribution in [2.24, 2.45) is 11.8 Å². The standard InChI is InChI=1S/C76H144O17P2/c1-7-10-12-14-16-18-20-22-24-26-28-33-40-46-52-58-73(78)86-64-71(92-75(80)60-54-48-42-34-29-27-25-23-21-19-17-15-13-11-8-2)66-90-94(82,83)88-62-70(77)63-89-95(84,85)91-67-72(65-87-74(79)59-53-47-41-37-36-38-44-50-56-68(4)5)93-76(81)61-55-49-43-35-31-30-32-39-45-51-57-69(6)9-3/h19,21,23,25,68-72,77H,7-18,20,22,24,26-67H2,1-6H3,(H,82,83)(H,84,85)/b21-19-,25-23-/t69?,70-,71-,72-/m1/s1. The molecule has 95 heavy (non-hydrogen) atoms. The molecule has 0 aromatic rings. The third kappa shape index (κ3) is 68.5. The van der Waals surface area contributed by atoms with Gasteiger partial charge in [0.05, 0.1) is 26.4 Å². The van der Waals surface area contributed by atoms with Crippen molar-refractivity contribution in [3.63, 3.8) is 0 Å². The Kier molecular flexibility index (Phi) is 65.6. The van der Waals surface area contributed by atoms with Crippen molar-refractivity contribution < 1.29 is 80.2 Å². The number of hydrogen-bond donors (Lipinski definition) is 3. The lowest BCUT2D eigenvalue weighted by Crippen LogP contribution is -2.30. The number of phosphoric acid groups is 2. The maximum absolute atomic E-state index is 13.1. The number of carbonyl (C=O) groups excluding carboxylic acids is 4. The summed E-state index contributed by atoms with van der Waals surface area (Å²) in [6.07, 6.45) is 57.6. The van der Waals surface area contributed by atoms with E-state index < -0.39 is 97.5 Å². The Labute approximate surface area is 580 Å². The van der Waals surface area contributed by atoms with E-state index in [1.54, 1.807) is 0 Å². The number of aliphatic hydroxyl groups excluding tert-OH is 1. The molecule has 0 rings (SSSR count). The van der Waals surface area contributed by atoms with Gasteiger partial charge >= 0.3 is 39.5 Å². The number of rotatable bonds is 73. The van der Waals surface area contributed by atoms with E-state index in [9.17, 15) is 43.2 Å². The van der Waals surface area contributed by atoms with Crippen molar-refractivity contribution >= 4 is 39.5 Å². The summed E-state index contributed by atoms with van der Waals surface area (Å²) < 4.78 is 68.5. The van der Waals surface area contributed by atoms with Crippen molar-refractivity contribution in [2.75, 3.05) is 39.6 Å². The van der Waals surface area contributed by atoms with Gasteiger partial charge in [0.1, 0.15) is 19.3 Å². The van der Waals surface area contributed by atoms with Crippen LogP contribution in [0.3, 0.4) is 0 Å². The van der Waals surface area contributed by atoms with E-state index in [1.165, 1.54) is 173 Å². The minimum Gasteiger partial charge on any atom is -0.462 e. The Morgan fingerprint density at radius 1 is 0.347 bits per heavy atom. The molecule has 6 atom stereocenters. The van der Waals surface area contributed by atoms with Crippen molar-refractivity contribution in [1.29, 1.82) is 0 Å². The summed E-state index contributed by atoms with van der Waals surface area (Å²) in [6.45, 7) is 9.52. The first kappa shape index (κ1) is 92.5. The molecule has 0 bridgehead atoms. The van der Waals surface area contributed by atoms with Crippen LogP contribution in [0.1, 0.15) is 369 Å². The molecule has 0 aromatic carbocycles. The molecule has 0 fully saturated rings. The summed E-state index contributed by atoms with van der Waals surface area (Å²) in [7, 11) is -9.92. The van der Waals surface area contributed by atoms with E-state index in [-0.39, 0.29) is 25.7 Å². The van der Waals surface area contributed by atoms with Gasteiger partial charge in [0.25, 0.3) is 0 Å². The topological polar surface area (TPSA) is 237 Å². The zero-order valence-electron chi connectivity index (χ0n) is 61.5. The molecule has 3 N–H and O–H groups in total. The molecule has 0 spiro atoms. The van der Waals surface area contributed by atoms with Crippen LogP contribution >= 0.6 is 15.6 Å². The van der Waals surface area contributed by atoms with Gasteiger partial charge in [0.2, 0.25) is 0 Å². The average molecular weight is 1390 g/mol. The first-order chi connectivity index (χ1) is 45.9. The molecule has 0 aromatic heterocycles. The first-order valence-corrected chi connectivity index (χ1v) is 41.8. The number of unbranched alkanes of at least 4 members (excludes halogenated alkanes) is 39. The van der Waals surface area contributed by atoms with Gasteiger partial charge in [-0.2, -0.15) is 0 Å². The highest BCUT2D eigenvalue weighted by atomic mass is 31.2. The van der Waals surface area contributed by atoms with Gasteiger partial charge in [-0.05, 0) is 63.2 Å². The minimum absolute atomic E-state index is 0.0854. The lowest BCUT2D eigenvalue weighted by Gasteiger charge is -2.21. The molecular formula is C76H144O17P2. The largest absolute Gasteiger partial charge is 0.472 e. The fourth-order valence-electron chi connectivity index (χ4n) is 11.1. The molecule has 0 heterocycles. The van der Waals surface area contributed by atoms with E-state index >= 15 is 0 Å². The van der Waals surface area contributed by atoms with Crippen molar-refractivity contribution in [3.05, 3.63) is 24.3 Å². The maximum Gasteiger partial charge on any atom is 0.472 e. The highest BCUT2D eigenvalue weighted by molar-refractivity contribution is 7.47. The number of allylic oxidation sites excluding steroid dienone is 4. The number of esters is 4. The van der Waals surface area contributed by atoms with Crippen molar-refractivity contribution in [1.82, 2.24) is 0 Å². The highest BCUT2D eigenvalue weighted by Gasteiger charge is 2.30. The summed E-state index contributed by atoms with van der Waals surface area (Å²) >= 11 is 0. The predicted molar refractivity (Wildman–Crippen MR) is 386 cm³/mol. The van der Waals surface area contributed by atoms with E-state index in [2.05, 4.69) is 65.8 Å². The average Bonchev–Trinajstić information content (AvgIpc) is 2.05. The van der Waals surface area contributed by atoms with Gasteiger partial charge < -0.3 is 33.8 Å². The quantitative estimate of drug-likeness (QED) is 0.0169. The predicted octanol–water partition coefficient (Wildman–Crippen LogP) is 21.9. The molecule has 3 unspecified atom stereocenters. The van der Waals surface area contributed by atoms with Gasteiger partial charge in [0.15, 0.2) is 12.2 Å². The molecule has 0 aliphatic heterocycles. The summed E-state index contributed by atoms with van der Waals surface area (Å²) in [5.74, 6) is -0.620. The van der Waals surface area contributed by atoms with E-state index in [0.717, 1.165) is 115 Å². The van der Waals surface area contributed by atoms with Crippen LogP contribution in [0.25, 0.3) is 0 Å². The molecule has 0 saturated heterocycles. The SMILES string of the molecule is CCCCCC/C=C\C=C/CCCCCCCC(=O)O[C@H](COC(=O)CCCCCCCCCCCCCCCCC)COP(=O)(O)OC[C@@H](O)COP(=O)(O)OC[C@@H](COC(=O)CCCCCCCCCCC(C)C)OC(=O)CCCCCCCCCCCCC(C)CC. The van der Waals surface area contributed by atoms with E-state index in [0.29, 0.717) is 25.7 Å². The molecule has 0 amide bonds. The minimum atomic E-state index is -4.97. The molecule has 0 saturated carbocycles. The second-order valence-corrected chi connectivity index (χ2v) is 30.3. The first-order valence-electron chi connectivity index (χ1n) is 38.8. The molecule has 19 heteroatoms. The molecule has 0 radical (unpaired) electrons. The zero-order chi connectivity index (χ0) is 70.0. The normalized spacial score (nSPS) is 14.5. The Morgan fingerprint density at radius 2 is 0.621 bits per heavy atom. The van der Waals surface area contributed by atoms with Crippen LogP contribution in [0.2, 0.25) is 0 Å². The summed E-state index contributed by atoms with van der Waals surface area (Å²) in [5.41, 5.74) is 0. The Balaban J connectivity index is 5.30. The Bertz CT molecular complexity index is 1930. The summed E-state index contributed by atoms with van der Waals surface area (Å²) in [4.78, 5) is 72.8. The third-order valence-electron chi connectivity index (χ3n) is 17.4. The molecule has 0 aliphatic rings. The van der Waals surface area contributed by atoms with Crippen LogP contribution in [0.15, 0.2) is 24.3 Å². The smallest absolute Gasteiger partial charge is 0.462 e. The molecular weight excluding hydrogens is 1250 g/mol. The van der Waals surface area contributed by atoms with Gasteiger partial charge in [-0.15, -0.1) is 0 Å². The third-order valence-corrected chi connectivity index (χ3v) is 19.3. The number of aliphatic hydroxyl groups is 1. The van der Waals surface area contributed by atoms with Crippen LogP contribution < -0.4 is 0 Å². The number of carbonyl (C=O) groups is 4. The summed E-state index contributed by atoms with van der Waals surface area (Å²) in [5, 5.41) is 10.6. The molecule has 17 nitrogen and oxygen atoms in total. The number of hydrogen-bond acceptors (Lipinski definition) is 15. The Morgan fingerprint density at radius 3 is 0.947 bits per heavy atom. The second kappa shape index (κ2) is 67.4. The van der Waals surface area contributed by atoms with Crippen LogP contribution in [-0.2, 0) is 65.4 Å². The van der Waals surface area contributed by atoms with E-state index in [1.807, 2.05) is 0 Å². The van der Waals surface area contributed by atoms with Gasteiger partial charge in [0, 0.05) is 25.7 Å². The second-order valence-electron chi connectivity index (χ2n) is 27.4. The number of phosphoric ester groups is 2.